The van der Waals surface area contributed by atoms with Gasteiger partial charge in [-0.2, -0.15) is 0 Å². The highest BCUT2D eigenvalue weighted by Crippen LogP contribution is 2.33. The van der Waals surface area contributed by atoms with Gasteiger partial charge in [-0.05, 0) is 42.7 Å². The lowest BCUT2D eigenvalue weighted by Crippen LogP contribution is -2.42. The normalized spacial score (nSPS) is 21.2. The standard InChI is InChI=1S/C23H28ClN3O5/c24-17-3-1-16(2-4-17)23(30)7-9-27(10-8-23)14-18-5-6-20(22(29)26-18)21(28)25-13-19-15-31-11-12-32-19/h1-6,19,30H,7-15H2,(H,25,28)(H,26,29). The smallest absolute Gasteiger partial charge is 0.261 e. The molecule has 2 fully saturated rings. The minimum Gasteiger partial charge on any atom is -0.385 e. The number of ether oxygens (including phenoxy) is 2. The monoisotopic (exact) mass is 461 g/mol. The predicted molar refractivity (Wildman–Crippen MR) is 120 cm³/mol. The molecule has 4 rings (SSSR count). The van der Waals surface area contributed by atoms with Gasteiger partial charge in [-0.3, -0.25) is 14.5 Å². The molecule has 2 aliphatic heterocycles. The molecule has 1 atom stereocenters. The summed E-state index contributed by atoms with van der Waals surface area (Å²) in [6.45, 7) is 3.70. The Morgan fingerprint density at radius 3 is 2.59 bits per heavy atom. The quantitative estimate of drug-likeness (QED) is 0.604. The van der Waals surface area contributed by atoms with Crippen LogP contribution in [-0.2, 0) is 21.6 Å². The molecule has 8 nitrogen and oxygen atoms in total. The molecule has 0 spiro atoms. The van der Waals surface area contributed by atoms with Crippen molar-refractivity contribution in [2.24, 2.45) is 0 Å². The Balaban J connectivity index is 1.30. The van der Waals surface area contributed by atoms with Crippen LogP contribution in [0.4, 0.5) is 0 Å². The first-order valence-corrected chi connectivity index (χ1v) is 11.2. The predicted octanol–water partition coefficient (Wildman–Crippen LogP) is 1.66. The van der Waals surface area contributed by atoms with E-state index in [1.807, 2.05) is 12.1 Å². The van der Waals surface area contributed by atoms with Crippen LogP contribution in [0.3, 0.4) is 0 Å². The van der Waals surface area contributed by atoms with Crippen molar-refractivity contribution < 1.29 is 19.4 Å². The van der Waals surface area contributed by atoms with Crippen LogP contribution in [0.5, 0.6) is 0 Å². The van der Waals surface area contributed by atoms with E-state index in [-0.39, 0.29) is 11.7 Å². The molecule has 0 radical (unpaired) electrons. The van der Waals surface area contributed by atoms with Crippen molar-refractivity contribution >= 4 is 17.5 Å². The molecule has 2 aromatic rings. The number of aromatic nitrogens is 1. The van der Waals surface area contributed by atoms with Crippen molar-refractivity contribution in [2.75, 3.05) is 39.5 Å². The van der Waals surface area contributed by atoms with Crippen LogP contribution in [0.1, 0.15) is 34.5 Å². The second-order valence-electron chi connectivity index (χ2n) is 8.32. The van der Waals surface area contributed by atoms with Crippen LogP contribution in [0.15, 0.2) is 41.2 Å². The van der Waals surface area contributed by atoms with Gasteiger partial charge >= 0.3 is 0 Å². The third-order valence-electron chi connectivity index (χ3n) is 6.05. The van der Waals surface area contributed by atoms with Crippen molar-refractivity contribution in [3.8, 4) is 0 Å². The maximum atomic E-state index is 12.4. The second-order valence-corrected chi connectivity index (χ2v) is 8.76. The van der Waals surface area contributed by atoms with E-state index in [0.29, 0.717) is 63.9 Å². The van der Waals surface area contributed by atoms with E-state index in [2.05, 4.69) is 15.2 Å². The molecule has 0 bridgehead atoms. The molecular weight excluding hydrogens is 434 g/mol. The maximum absolute atomic E-state index is 12.4. The number of likely N-dealkylation sites (tertiary alicyclic amines) is 1. The van der Waals surface area contributed by atoms with Gasteiger partial charge in [-0.15, -0.1) is 0 Å². The lowest BCUT2D eigenvalue weighted by Gasteiger charge is -2.38. The number of hydrogen-bond acceptors (Lipinski definition) is 6. The number of aliphatic hydroxyl groups is 1. The number of nitrogens with one attached hydrogen (secondary N) is 2. The number of carbonyl (C=O) groups is 1. The van der Waals surface area contributed by atoms with Crippen LogP contribution in [-0.4, -0.2) is 66.5 Å². The van der Waals surface area contributed by atoms with Gasteiger partial charge in [0.1, 0.15) is 5.56 Å². The van der Waals surface area contributed by atoms with Crippen molar-refractivity contribution in [3.63, 3.8) is 0 Å². The number of aromatic amines is 1. The Morgan fingerprint density at radius 1 is 1.19 bits per heavy atom. The molecule has 3 heterocycles. The first kappa shape index (κ1) is 22.9. The number of H-pyrrole nitrogens is 1. The van der Waals surface area contributed by atoms with Crippen LogP contribution in [0.25, 0.3) is 0 Å². The van der Waals surface area contributed by atoms with Crippen LogP contribution < -0.4 is 10.9 Å². The Hall–Kier alpha value is -2.23. The molecule has 32 heavy (non-hydrogen) atoms. The van der Waals surface area contributed by atoms with Gasteiger partial charge in [0.05, 0.1) is 31.5 Å². The third kappa shape index (κ3) is 5.57. The van der Waals surface area contributed by atoms with Crippen LogP contribution in [0.2, 0.25) is 5.02 Å². The fourth-order valence-corrected chi connectivity index (χ4v) is 4.24. The lowest BCUT2D eigenvalue weighted by atomic mass is 9.84. The summed E-state index contributed by atoms with van der Waals surface area (Å²) in [5.41, 5.74) is 0.378. The fraction of sp³-hybridized carbons (Fsp3) is 0.478. The lowest BCUT2D eigenvalue weighted by molar-refractivity contribution is -0.0855. The summed E-state index contributed by atoms with van der Waals surface area (Å²) in [4.78, 5) is 29.8. The first-order valence-electron chi connectivity index (χ1n) is 10.8. The van der Waals surface area contributed by atoms with Gasteiger partial charge in [-0.25, -0.2) is 0 Å². The zero-order chi connectivity index (χ0) is 22.6. The Labute approximate surface area is 191 Å². The van der Waals surface area contributed by atoms with E-state index in [4.69, 9.17) is 21.1 Å². The van der Waals surface area contributed by atoms with Gasteiger partial charge in [0.25, 0.3) is 11.5 Å². The summed E-state index contributed by atoms with van der Waals surface area (Å²) in [6, 6.07) is 10.6. The minimum atomic E-state index is -0.871. The molecule has 0 saturated carbocycles. The summed E-state index contributed by atoms with van der Waals surface area (Å²) >= 11 is 5.95. The molecule has 1 unspecified atom stereocenters. The van der Waals surface area contributed by atoms with Crippen molar-refractivity contribution in [1.82, 2.24) is 15.2 Å². The zero-order valence-electron chi connectivity index (χ0n) is 17.8. The second kappa shape index (κ2) is 10.1. The molecule has 3 N–H and O–H groups in total. The first-order chi connectivity index (χ1) is 15.4. The Kier molecular flexibility index (Phi) is 7.27. The van der Waals surface area contributed by atoms with E-state index in [1.165, 1.54) is 0 Å². The molecule has 1 aromatic heterocycles. The maximum Gasteiger partial charge on any atom is 0.261 e. The third-order valence-corrected chi connectivity index (χ3v) is 6.30. The molecule has 9 heteroatoms. The van der Waals surface area contributed by atoms with Gasteiger partial charge in [0.15, 0.2) is 0 Å². The average Bonchev–Trinajstić information content (AvgIpc) is 2.80. The fourth-order valence-electron chi connectivity index (χ4n) is 4.11. The Bertz CT molecular complexity index is 980. The number of amides is 1. The van der Waals surface area contributed by atoms with Gasteiger partial charge in [0.2, 0.25) is 0 Å². The van der Waals surface area contributed by atoms with Gasteiger partial charge in [-0.1, -0.05) is 23.7 Å². The molecule has 0 aliphatic carbocycles. The number of benzene rings is 1. The van der Waals surface area contributed by atoms with E-state index in [1.54, 1.807) is 24.3 Å². The van der Waals surface area contributed by atoms with E-state index >= 15 is 0 Å². The summed E-state index contributed by atoms with van der Waals surface area (Å²) in [5.74, 6) is -0.432. The van der Waals surface area contributed by atoms with E-state index < -0.39 is 17.1 Å². The topological polar surface area (TPSA) is 104 Å². The zero-order valence-corrected chi connectivity index (χ0v) is 18.6. The van der Waals surface area contributed by atoms with Crippen molar-refractivity contribution in [1.29, 1.82) is 0 Å². The number of hydrogen-bond donors (Lipinski definition) is 3. The molecule has 2 aliphatic rings. The summed E-state index contributed by atoms with van der Waals surface area (Å²) in [5, 5.41) is 14.4. The van der Waals surface area contributed by atoms with Gasteiger partial charge in [0, 0.05) is 36.9 Å². The van der Waals surface area contributed by atoms with E-state index in [0.717, 1.165) is 11.3 Å². The number of nitrogens with zero attached hydrogens (tertiary/aromatic N) is 1. The number of halogens is 1. The van der Waals surface area contributed by atoms with E-state index in [9.17, 15) is 14.7 Å². The molecule has 1 aromatic carbocycles. The van der Waals surface area contributed by atoms with Crippen LogP contribution >= 0.6 is 11.6 Å². The Morgan fingerprint density at radius 2 is 1.94 bits per heavy atom. The number of pyridine rings is 1. The molecule has 2 saturated heterocycles. The minimum absolute atomic E-state index is 0.0706. The highest BCUT2D eigenvalue weighted by atomic mass is 35.5. The highest BCUT2D eigenvalue weighted by molar-refractivity contribution is 6.30. The van der Waals surface area contributed by atoms with Crippen molar-refractivity contribution in [2.45, 2.75) is 31.1 Å². The highest BCUT2D eigenvalue weighted by Gasteiger charge is 2.34. The number of carbonyl (C=O) groups excluding carboxylic acids is 1. The number of rotatable bonds is 6. The molecule has 172 valence electrons. The summed E-state index contributed by atoms with van der Waals surface area (Å²) < 4.78 is 10.8. The largest absolute Gasteiger partial charge is 0.385 e. The molecule has 1 amide bonds. The molecular formula is C23H28ClN3O5. The number of piperidine rings is 1. The van der Waals surface area contributed by atoms with Gasteiger partial charge < -0.3 is 24.9 Å². The SMILES string of the molecule is O=C(NCC1COCCO1)c1ccc(CN2CCC(O)(c3ccc(Cl)cc3)CC2)[nH]c1=O. The summed E-state index contributed by atoms with van der Waals surface area (Å²) in [6.07, 6.45) is 0.982. The average molecular weight is 462 g/mol. The van der Waals surface area contributed by atoms with Crippen molar-refractivity contribution in [3.05, 3.63) is 68.6 Å². The van der Waals surface area contributed by atoms with Crippen LogP contribution in [0, 0.1) is 0 Å². The summed E-state index contributed by atoms with van der Waals surface area (Å²) in [7, 11) is 0.